The summed E-state index contributed by atoms with van der Waals surface area (Å²) in [6.07, 6.45) is 0. The van der Waals surface area contributed by atoms with Gasteiger partial charge in [0.25, 0.3) is 0 Å². The Morgan fingerprint density at radius 2 is 2.21 bits per heavy atom. The number of nitrogens with zero attached hydrogens (tertiary/aromatic N) is 1. The van der Waals surface area contributed by atoms with Crippen LogP contribution in [0.15, 0.2) is 24.3 Å². The van der Waals surface area contributed by atoms with E-state index in [1.54, 1.807) is 24.3 Å². The maximum absolute atomic E-state index is 10.7. The van der Waals surface area contributed by atoms with Gasteiger partial charge < -0.3 is 9.84 Å². The summed E-state index contributed by atoms with van der Waals surface area (Å²) >= 11 is 2.00. The van der Waals surface area contributed by atoms with E-state index in [1.165, 1.54) is 11.5 Å². The Morgan fingerprint density at radius 3 is 2.84 bits per heavy atom. The number of carbonyl (C=O) groups is 1. The second-order valence-corrected chi connectivity index (χ2v) is 5.79. The Balaban J connectivity index is 1.77. The lowest BCUT2D eigenvalue weighted by Gasteiger charge is -2.32. The van der Waals surface area contributed by atoms with Crippen molar-refractivity contribution >= 4 is 17.7 Å². The largest absolute Gasteiger partial charge is 0.492 e. The summed E-state index contributed by atoms with van der Waals surface area (Å²) in [5, 5.41) is 8.80. The number of aromatic carboxylic acids is 1. The summed E-state index contributed by atoms with van der Waals surface area (Å²) in [6, 6.07) is 7.16. The van der Waals surface area contributed by atoms with Gasteiger partial charge in [-0.2, -0.15) is 11.8 Å². The van der Waals surface area contributed by atoms with Crippen LogP contribution in [0.3, 0.4) is 0 Å². The van der Waals surface area contributed by atoms with Gasteiger partial charge in [0.2, 0.25) is 0 Å². The van der Waals surface area contributed by atoms with Crippen molar-refractivity contribution < 1.29 is 14.6 Å². The van der Waals surface area contributed by atoms with E-state index in [1.807, 2.05) is 11.8 Å². The van der Waals surface area contributed by atoms with Crippen molar-refractivity contribution in [1.82, 2.24) is 4.90 Å². The monoisotopic (exact) mass is 281 g/mol. The smallest absolute Gasteiger partial charge is 0.335 e. The lowest BCUT2D eigenvalue weighted by Crippen LogP contribution is -2.42. The molecule has 1 heterocycles. The highest BCUT2D eigenvalue weighted by Gasteiger charge is 2.17. The summed E-state index contributed by atoms with van der Waals surface area (Å²) < 4.78 is 5.65. The molecule has 4 nitrogen and oxygen atoms in total. The molecule has 1 atom stereocenters. The highest BCUT2D eigenvalue weighted by atomic mass is 32.2. The highest BCUT2D eigenvalue weighted by Crippen LogP contribution is 2.16. The molecular weight excluding hydrogens is 262 g/mol. The Bertz CT molecular complexity index is 421. The Morgan fingerprint density at radius 1 is 1.47 bits per heavy atom. The fraction of sp³-hybridized carbons (Fsp3) is 0.500. The van der Waals surface area contributed by atoms with Gasteiger partial charge in [-0.05, 0) is 31.2 Å². The summed E-state index contributed by atoms with van der Waals surface area (Å²) in [7, 11) is 0. The third-order valence-electron chi connectivity index (χ3n) is 3.25. The third kappa shape index (κ3) is 4.14. The van der Waals surface area contributed by atoms with Crippen molar-refractivity contribution in [2.75, 3.05) is 31.2 Å². The van der Waals surface area contributed by atoms with Crippen molar-refractivity contribution in [2.24, 2.45) is 0 Å². The quantitative estimate of drug-likeness (QED) is 0.896. The van der Waals surface area contributed by atoms with Crippen molar-refractivity contribution in [3.05, 3.63) is 29.8 Å². The van der Waals surface area contributed by atoms with E-state index >= 15 is 0 Å². The van der Waals surface area contributed by atoms with Crippen LogP contribution in [-0.2, 0) is 0 Å². The van der Waals surface area contributed by atoms with Crippen LogP contribution in [0.5, 0.6) is 5.75 Å². The van der Waals surface area contributed by atoms with E-state index in [9.17, 15) is 4.79 Å². The summed E-state index contributed by atoms with van der Waals surface area (Å²) in [4.78, 5) is 13.2. The Labute approximate surface area is 117 Å². The molecule has 0 aromatic heterocycles. The predicted octanol–water partition coefficient (Wildman–Crippen LogP) is 2.20. The standard InChI is InChI=1S/C14H19NO3S/c1-11-10-19-9-7-15(11)6-8-18-13-4-2-12(3-5-13)14(16)17/h2-5,11H,6-10H2,1H3,(H,16,17). The molecule has 1 fully saturated rings. The van der Waals surface area contributed by atoms with Crippen LogP contribution in [0.1, 0.15) is 17.3 Å². The van der Waals surface area contributed by atoms with Crippen LogP contribution in [0.4, 0.5) is 0 Å². The zero-order valence-electron chi connectivity index (χ0n) is 11.0. The van der Waals surface area contributed by atoms with E-state index in [0.717, 1.165) is 18.8 Å². The fourth-order valence-corrected chi connectivity index (χ4v) is 3.15. The Hall–Kier alpha value is -1.20. The van der Waals surface area contributed by atoms with E-state index in [2.05, 4.69) is 11.8 Å². The normalized spacial score (nSPS) is 20.2. The van der Waals surface area contributed by atoms with Crippen molar-refractivity contribution in [2.45, 2.75) is 13.0 Å². The van der Waals surface area contributed by atoms with Crippen LogP contribution < -0.4 is 4.74 Å². The first-order valence-electron chi connectivity index (χ1n) is 6.45. The average Bonchev–Trinajstić information content (AvgIpc) is 2.41. The minimum atomic E-state index is -0.911. The van der Waals surface area contributed by atoms with Gasteiger partial charge in [-0.1, -0.05) is 0 Å². The molecule has 1 N–H and O–H groups in total. The van der Waals surface area contributed by atoms with Gasteiger partial charge in [-0.25, -0.2) is 4.79 Å². The minimum Gasteiger partial charge on any atom is -0.492 e. The van der Waals surface area contributed by atoms with E-state index in [4.69, 9.17) is 9.84 Å². The minimum absolute atomic E-state index is 0.286. The second-order valence-electron chi connectivity index (χ2n) is 4.64. The molecule has 19 heavy (non-hydrogen) atoms. The molecular formula is C14H19NO3S. The lowest BCUT2D eigenvalue weighted by atomic mass is 10.2. The molecule has 0 saturated carbocycles. The van der Waals surface area contributed by atoms with Gasteiger partial charge in [0, 0.05) is 30.6 Å². The molecule has 0 radical (unpaired) electrons. The number of thioether (sulfide) groups is 1. The van der Waals surface area contributed by atoms with Gasteiger partial charge in [0.15, 0.2) is 0 Å². The van der Waals surface area contributed by atoms with Crippen molar-refractivity contribution in [3.63, 3.8) is 0 Å². The predicted molar refractivity (Wildman–Crippen MR) is 77.3 cm³/mol. The van der Waals surface area contributed by atoms with Crippen LogP contribution in [-0.4, -0.2) is 53.2 Å². The number of hydrogen-bond donors (Lipinski definition) is 1. The van der Waals surface area contributed by atoms with Crippen LogP contribution in [0.25, 0.3) is 0 Å². The molecule has 2 rings (SSSR count). The third-order valence-corrected chi connectivity index (χ3v) is 4.44. The molecule has 1 saturated heterocycles. The second kappa shape index (κ2) is 6.82. The molecule has 1 unspecified atom stereocenters. The first-order valence-corrected chi connectivity index (χ1v) is 7.60. The molecule has 0 spiro atoms. The molecule has 0 aliphatic carbocycles. The molecule has 104 valence electrons. The summed E-state index contributed by atoms with van der Waals surface area (Å²) in [5.74, 6) is 2.19. The summed E-state index contributed by atoms with van der Waals surface area (Å²) in [5.41, 5.74) is 0.286. The number of hydrogen-bond acceptors (Lipinski definition) is 4. The molecule has 1 aliphatic rings. The van der Waals surface area contributed by atoms with Gasteiger partial charge in [-0.15, -0.1) is 0 Å². The van der Waals surface area contributed by atoms with Crippen molar-refractivity contribution in [1.29, 1.82) is 0 Å². The first kappa shape index (κ1) is 14.2. The van der Waals surface area contributed by atoms with E-state index in [-0.39, 0.29) is 5.56 Å². The SMILES string of the molecule is CC1CSCCN1CCOc1ccc(C(=O)O)cc1. The maximum atomic E-state index is 10.7. The van der Waals surface area contributed by atoms with Gasteiger partial charge >= 0.3 is 5.97 Å². The number of carboxylic acids is 1. The first-order chi connectivity index (χ1) is 9.16. The van der Waals surface area contributed by atoms with Crippen LogP contribution >= 0.6 is 11.8 Å². The van der Waals surface area contributed by atoms with Gasteiger partial charge in [-0.3, -0.25) is 4.90 Å². The maximum Gasteiger partial charge on any atom is 0.335 e. The zero-order chi connectivity index (χ0) is 13.7. The Kier molecular flexibility index (Phi) is 5.10. The van der Waals surface area contributed by atoms with Gasteiger partial charge in [0.1, 0.15) is 12.4 Å². The molecule has 1 aliphatic heterocycles. The fourth-order valence-electron chi connectivity index (χ4n) is 2.07. The lowest BCUT2D eigenvalue weighted by molar-refractivity contribution is 0.0697. The van der Waals surface area contributed by atoms with Crippen LogP contribution in [0, 0.1) is 0 Å². The number of carboxylic acid groups (broad SMARTS) is 1. The molecule has 1 aromatic carbocycles. The van der Waals surface area contributed by atoms with Gasteiger partial charge in [0.05, 0.1) is 5.56 Å². The topological polar surface area (TPSA) is 49.8 Å². The van der Waals surface area contributed by atoms with E-state index in [0.29, 0.717) is 12.6 Å². The molecule has 0 bridgehead atoms. The summed E-state index contributed by atoms with van der Waals surface area (Å²) in [6.45, 7) is 4.92. The van der Waals surface area contributed by atoms with Crippen molar-refractivity contribution in [3.8, 4) is 5.75 Å². The number of rotatable bonds is 5. The molecule has 1 aromatic rings. The van der Waals surface area contributed by atoms with Crippen LogP contribution in [0.2, 0.25) is 0 Å². The zero-order valence-corrected chi connectivity index (χ0v) is 11.9. The highest BCUT2D eigenvalue weighted by molar-refractivity contribution is 7.99. The number of benzene rings is 1. The average molecular weight is 281 g/mol. The molecule has 5 heteroatoms. The number of ether oxygens (including phenoxy) is 1. The van der Waals surface area contributed by atoms with E-state index < -0.39 is 5.97 Å². The molecule has 0 amide bonds.